The third kappa shape index (κ3) is 3.77. The molecule has 1 aromatic carbocycles. The fourth-order valence-corrected chi connectivity index (χ4v) is 1.55. The van der Waals surface area contributed by atoms with Crippen LogP contribution < -0.4 is 0 Å². The van der Waals surface area contributed by atoms with Crippen LogP contribution in [0.25, 0.3) is 0 Å². The number of hydrogen-bond donors (Lipinski definition) is 3. The molecule has 0 bridgehead atoms. The Labute approximate surface area is 99.5 Å². The van der Waals surface area contributed by atoms with Gasteiger partial charge in [0.1, 0.15) is 0 Å². The zero-order valence-electron chi connectivity index (χ0n) is 8.32. The molecular formula is C8H9O7PS. The van der Waals surface area contributed by atoms with Crippen LogP contribution in [-0.2, 0) is 10.1 Å². The molecule has 0 fully saturated rings. The number of carboxylic acids is 2. The van der Waals surface area contributed by atoms with Gasteiger partial charge in [0, 0.05) is 0 Å². The van der Waals surface area contributed by atoms with Crippen LogP contribution in [-0.4, -0.2) is 35.1 Å². The average Bonchev–Trinajstić information content (AvgIpc) is 2.15. The molecule has 0 aromatic heterocycles. The number of carboxylic acid groups (broad SMARTS) is 2. The molecule has 17 heavy (non-hydrogen) atoms. The number of rotatable bonds is 3. The Bertz CT molecular complexity index is 531. The van der Waals surface area contributed by atoms with Crippen LogP contribution in [0.15, 0.2) is 23.1 Å². The van der Waals surface area contributed by atoms with E-state index in [0.29, 0.717) is 12.1 Å². The van der Waals surface area contributed by atoms with Crippen LogP contribution in [0.3, 0.4) is 0 Å². The van der Waals surface area contributed by atoms with E-state index in [0.717, 1.165) is 6.07 Å². The lowest BCUT2D eigenvalue weighted by Gasteiger charge is -2.02. The zero-order chi connectivity index (χ0) is 12.5. The molecule has 1 aromatic rings. The lowest BCUT2D eigenvalue weighted by molar-refractivity contribution is 0.0696. The summed E-state index contributed by atoms with van der Waals surface area (Å²) in [5, 5.41) is 17.2. The first-order chi connectivity index (χ1) is 7.21. The van der Waals surface area contributed by atoms with Gasteiger partial charge in [-0.25, -0.2) is 9.59 Å². The number of benzene rings is 1. The maximum atomic E-state index is 10.8. The molecule has 7 nitrogen and oxygen atoms in total. The van der Waals surface area contributed by atoms with Gasteiger partial charge >= 0.3 is 11.9 Å². The maximum absolute atomic E-state index is 10.8. The first-order valence-electron chi connectivity index (χ1n) is 3.81. The van der Waals surface area contributed by atoms with E-state index in [1.807, 2.05) is 0 Å². The quantitative estimate of drug-likeness (QED) is 0.539. The average molecular weight is 280 g/mol. The van der Waals surface area contributed by atoms with Gasteiger partial charge in [0.2, 0.25) is 0 Å². The third-order valence-corrected chi connectivity index (χ3v) is 2.53. The molecule has 0 saturated carbocycles. The fourth-order valence-electron chi connectivity index (χ4n) is 0.995. The van der Waals surface area contributed by atoms with Gasteiger partial charge in [-0.1, -0.05) is 0 Å². The fraction of sp³-hybridized carbons (Fsp3) is 0. The van der Waals surface area contributed by atoms with E-state index in [1.165, 1.54) is 0 Å². The molecule has 0 aliphatic rings. The molecule has 3 N–H and O–H groups in total. The summed E-state index contributed by atoms with van der Waals surface area (Å²) in [6.07, 6.45) is 0. The summed E-state index contributed by atoms with van der Waals surface area (Å²) in [6, 6.07) is 2.13. The lowest BCUT2D eigenvalue weighted by Crippen LogP contribution is -2.07. The summed E-state index contributed by atoms with van der Waals surface area (Å²) in [5.74, 6) is -2.99. The largest absolute Gasteiger partial charge is 0.478 e. The van der Waals surface area contributed by atoms with Gasteiger partial charge in [-0.3, -0.25) is 4.55 Å². The Morgan fingerprint density at radius 1 is 0.941 bits per heavy atom. The predicted octanol–water partition coefficient (Wildman–Crippen LogP) is 0.388. The van der Waals surface area contributed by atoms with E-state index in [1.54, 1.807) is 0 Å². The Morgan fingerprint density at radius 3 is 1.53 bits per heavy atom. The molecule has 1 unspecified atom stereocenters. The van der Waals surface area contributed by atoms with Crippen molar-refractivity contribution >= 4 is 32.0 Å². The van der Waals surface area contributed by atoms with E-state index < -0.39 is 38.1 Å². The van der Waals surface area contributed by atoms with E-state index >= 15 is 0 Å². The third-order valence-electron chi connectivity index (χ3n) is 1.70. The first-order valence-corrected chi connectivity index (χ1v) is 5.25. The van der Waals surface area contributed by atoms with Crippen LogP contribution >= 0.6 is 9.90 Å². The summed E-state index contributed by atoms with van der Waals surface area (Å²) in [4.78, 5) is 20.4. The minimum absolute atomic E-state index is 0. The normalized spacial score (nSPS) is 10.4. The SMILES string of the molecule is O=C(O)c1cc(C(=O)O)cc(S(=O)(=O)O)c1.P. The standard InChI is InChI=1S/C8H6O7S.H3P/c9-7(10)4-1-5(8(11)12)3-6(2-4)16(13,14)15;/h1-3H,(H,9,10)(H,11,12)(H,13,14,15);1H3. The molecule has 0 heterocycles. The Morgan fingerprint density at radius 2 is 1.29 bits per heavy atom. The van der Waals surface area contributed by atoms with E-state index in [2.05, 4.69) is 0 Å². The van der Waals surface area contributed by atoms with Gasteiger partial charge in [-0.2, -0.15) is 18.3 Å². The predicted molar refractivity (Wildman–Crippen MR) is 61.3 cm³/mol. The van der Waals surface area contributed by atoms with Crippen molar-refractivity contribution in [2.75, 3.05) is 0 Å². The van der Waals surface area contributed by atoms with Gasteiger partial charge in [0.25, 0.3) is 10.1 Å². The summed E-state index contributed by atoms with van der Waals surface area (Å²) >= 11 is 0. The van der Waals surface area contributed by atoms with Gasteiger partial charge < -0.3 is 10.2 Å². The highest BCUT2D eigenvalue weighted by Crippen LogP contribution is 2.15. The molecule has 0 aliphatic heterocycles. The second-order valence-electron chi connectivity index (χ2n) is 2.83. The zero-order valence-corrected chi connectivity index (χ0v) is 10.6. The van der Waals surface area contributed by atoms with Crippen molar-refractivity contribution < 1.29 is 32.8 Å². The molecular weight excluding hydrogens is 271 g/mol. The summed E-state index contributed by atoms with van der Waals surface area (Å²) in [7, 11) is -4.64. The van der Waals surface area contributed by atoms with Crippen molar-refractivity contribution in [3.63, 3.8) is 0 Å². The van der Waals surface area contributed by atoms with Crippen molar-refractivity contribution in [1.82, 2.24) is 0 Å². The van der Waals surface area contributed by atoms with Gasteiger partial charge in [-0.05, 0) is 18.2 Å². The van der Waals surface area contributed by atoms with Crippen LogP contribution in [0.4, 0.5) is 0 Å². The number of aromatic carboxylic acids is 2. The van der Waals surface area contributed by atoms with E-state index in [-0.39, 0.29) is 9.90 Å². The first kappa shape index (κ1) is 15.5. The summed E-state index contributed by atoms with van der Waals surface area (Å²) in [6.45, 7) is 0. The van der Waals surface area contributed by atoms with Crippen LogP contribution in [0, 0.1) is 0 Å². The van der Waals surface area contributed by atoms with Gasteiger partial charge in [-0.15, -0.1) is 0 Å². The monoisotopic (exact) mass is 280 g/mol. The van der Waals surface area contributed by atoms with Crippen molar-refractivity contribution in [3.05, 3.63) is 29.3 Å². The summed E-state index contributed by atoms with van der Waals surface area (Å²) < 4.78 is 30.2. The van der Waals surface area contributed by atoms with Gasteiger partial charge in [0.05, 0.1) is 16.0 Å². The van der Waals surface area contributed by atoms with Crippen LogP contribution in [0.5, 0.6) is 0 Å². The van der Waals surface area contributed by atoms with Crippen molar-refractivity contribution in [2.45, 2.75) is 4.90 Å². The smallest absolute Gasteiger partial charge is 0.335 e. The minimum atomic E-state index is -4.64. The highest BCUT2D eigenvalue weighted by atomic mass is 32.2. The Kier molecular flexibility index (Phi) is 4.76. The number of hydrogen-bond acceptors (Lipinski definition) is 4. The highest BCUT2D eigenvalue weighted by Gasteiger charge is 2.17. The Balaban J connectivity index is 0.00000256. The minimum Gasteiger partial charge on any atom is -0.478 e. The molecule has 1 rings (SSSR count). The molecule has 0 saturated heterocycles. The maximum Gasteiger partial charge on any atom is 0.335 e. The number of carbonyl (C=O) groups is 2. The van der Waals surface area contributed by atoms with Crippen molar-refractivity contribution in [1.29, 1.82) is 0 Å². The molecule has 94 valence electrons. The lowest BCUT2D eigenvalue weighted by atomic mass is 10.1. The van der Waals surface area contributed by atoms with Crippen molar-refractivity contribution in [2.24, 2.45) is 0 Å². The topological polar surface area (TPSA) is 129 Å². The van der Waals surface area contributed by atoms with Gasteiger partial charge in [0.15, 0.2) is 0 Å². The summed E-state index contributed by atoms with van der Waals surface area (Å²) in [5.41, 5.74) is -1.07. The second kappa shape index (κ2) is 5.22. The molecule has 0 radical (unpaired) electrons. The second-order valence-corrected chi connectivity index (χ2v) is 4.25. The molecule has 0 aliphatic carbocycles. The molecule has 0 spiro atoms. The Hall–Kier alpha value is -1.50. The van der Waals surface area contributed by atoms with E-state index in [4.69, 9.17) is 14.8 Å². The molecule has 9 heteroatoms. The molecule has 0 amide bonds. The highest BCUT2D eigenvalue weighted by molar-refractivity contribution is 7.85. The van der Waals surface area contributed by atoms with Crippen molar-refractivity contribution in [3.8, 4) is 0 Å². The van der Waals surface area contributed by atoms with E-state index in [9.17, 15) is 18.0 Å². The van der Waals surface area contributed by atoms with Crippen LogP contribution in [0.2, 0.25) is 0 Å². The van der Waals surface area contributed by atoms with Crippen LogP contribution in [0.1, 0.15) is 20.7 Å². The molecule has 1 atom stereocenters.